The van der Waals surface area contributed by atoms with Gasteiger partial charge in [0, 0.05) is 31.8 Å². The second-order valence-electron chi connectivity index (χ2n) is 4.24. The quantitative estimate of drug-likeness (QED) is 0.791. The summed E-state index contributed by atoms with van der Waals surface area (Å²) in [6.45, 7) is 4.66. The van der Waals surface area contributed by atoms with Crippen LogP contribution in [0.15, 0.2) is 16.7 Å². The van der Waals surface area contributed by atoms with Crippen LogP contribution in [-0.2, 0) is 11.3 Å². The maximum atomic E-state index is 12.6. The number of alkyl halides is 1. The summed E-state index contributed by atoms with van der Waals surface area (Å²) in [5.41, 5.74) is 1.18. The van der Waals surface area contributed by atoms with Crippen molar-refractivity contribution in [3.8, 4) is 0 Å². The Bertz CT molecular complexity index is 327. The lowest BCUT2D eigenvalue weighted by Crippen LogP contribution is -2.32. The molecule has 1 saturated heterocycles. The highest BCUT2D eigenvalue weighted by atomic mass is 19.1. The van der Waals surface area contributed by atoms with Gasteiger partial charge in [-0.25, -0.2) is 4.39 Å². The van der Waals surface area contributed by atoms with E-state index in [1.54, 1.807) is 6.26 Å². The minimum atomic E-state index is -0.402. The van der Waals surface area contributed by atoms with Crippen LogP contribution in [0.5, 0.6) is 0 Å². The number of aryl methyl sites for hydroxylation is 1. The molecule has 1 aromatic heterocycles. The van der Waals surface area contributed by atoms with Crippen LogP contribution in [0.1, 0.15) is 17.7 Å². The molecule has 0 saturated carbocycles. The number of rotatable bonds is 3. The zero-order valence-electron chi connectivity index (χ0n) is 9.62. The van der Waals surface area contributed by atoms with Gasteiger partial charge in [-0.15, -0.1) is 0 Å². The molecule has 0 radical (unpaired) electrons. The topological polar surface area (TPSA) is 25.6 Å². The van der Waals surface area contributed by atoms with Crippen molar-refractivity contribution in [3.05, 3.63) is 23.7 Å². The van der Waals surface area contributed by atoms with Gasteiger partial charge >= 0.3 is 0 Å². The molecule has 1 aliphatic rings. The molecule has 3 nitrogen and oxygen atoms in total. The van der Waals surface area contributed by atoms with E-state index >= 15 is 0 Å². The van der Waals surface area contributed by atoms with Crippen molar-refractivity contribution in [2.45, 2.75) is 26.0 Å². The van der Waals surface area contributed by atoms with Gasteiger partial charge in [0.1, 0.15) is 12.4 Å². The Morgan fingerprint density at radius 3 is 3.12 bits per heavy atom. The lowest BCUT2D eigenvalue weighted by Gasteiger charge is -2.21. The van der Waals surface area contributed by atoms with E-state index in [0.717, 1.165) is 25.3 Å². The van der Waals surface area contributed by atoms with Crippen LogP contribution in [0.2, 0.25) is 0 Å². The van der Waals surface area contributed by atoms with Crippen LogP contribution in [0.4, 0.5) is 4.39 Å². The van der Waals surface area contributed by atoms with Crippen LogP contribution >= 0.6 is 0 Å². The van der Waals surface area contributed by atoms with Crippen LogP contribution in [0.3, 0.4) is 0 Å². The van der Waals surface area contributed by atoms with E-state index in [1.165, 1.54) is 5.56 Å². The molecule has 2 rings (SSSR count). The van der Waals surface area contributed by atoms with Crippen LogP contribution in [0, 0.1) is 6.92 Å². The fraction of sp³-hybridized carbons (Fsp3) is 0.667. The third-order valence-corrected chi connectivity index (χ3v) is 2.97. The summed E-state index contributed by atoms with van der Waals surface area (Å²) in [7, 11) is 0. The van der Waals surface area contributed by atoms with Crippen molar-refractivity contribution in [2.75, 3.05) is 26.4 Å². The zero-order valence-corrected chi connectivity index (χ0v) is 9.62. The van der Waals surface area contributed by atoms with Crippen molar-refractivity contribution in [2.24, 2.45) is 0 Å². The van der Waals surface area contributed by atoms with Crippen LogP contribution in [-0.4, -0.2) is 37.4 Å². The summed E-state index contributed by atoms with van der Waals surface area (Å²) in [4.78, 5) is 2.23. The van der Waals surface area contributed by atoms with E-state index < -0.39 is 6.67 Å². The standard InChI is InChI=1S/C12H18FNO2/c1-10-11(3-6-15-10)8-14-4-2-5-16-12(7-13)9-14/h3,6,12H,2,4-5,7-9H2,1H3. The summed E-state index contributed by atoms with van der Waals surface area (Å²) in [5, 5.41) is 0. The fourth-order valence-corrected chi connectivity index (χ4v) is 2.02. The first-order chi connectivity index (χ1) is 7.79. The zero-order chi connectivity index (χ0) is 11.4. The lowest BCUT2D eigenvalue weighted by atomic mass is 10.2. The predicted octanol–water partition coefficient (Wildman–Crippen LogP) is 2.15. The van der Waals surface area contributed by atoms with Gasteiger partial charge in [-0.3, -0.25) is 4.90 Å². The molecule has 0 bridgehead atoms. The summed E-state index contributed by atoms with van der Waals surface area (Å²) in [6.07, 6.45) is 2.40. The average Bonchev–Trinajstić information content (AvgIpc) is 2.55. The monoisotopic (exact) mass is 227 g/mol. The molecule has 0 aliphatic carbocycles. The Labute approximate surface area is 95.2 Å². The highest BCUT2D eigenvalue weighted by Gasteiger charge is 2.19. The van der Waals surface area contributed by atoms with Crippen molar-refractivity contribution >= 4 is 0 Å². The molecule has 1 unspecified atom stereocenters. The van der Waals surface area contributed by atoms with Crippen molar-refractivity contribution in [3.63, 3.8) is 0 Å². The summed E-state index contributed by atoms with van der Waals surface area (Å²) in [6, 6.07) is 1.98. The third kappa shape index (κ3) is 2.83. The first-order valence-electron chi connectivity index (χ1n) is 5.72. The van der Waals surface area contributed by atoms with Crippen LogP contribution in [0.25, 0.3) is 0 Å². The highest BCUT2D eigenvalue weighted by molar-refractivity contribution is 5.15. The number of halogens is 1. The minimum Gasteiger partial charge on any atom is -0.469 e. The van der Waals surface area contributed by atoms with Crippen molar-refractivity contribution < 1.29 is 13.5 Å². The maximum Gasteiger partial charge on any atom is 0.117 e. The number of furan rings is 1. The van der Waals surface area contributed by atoms with E-state index in [-0.39, 0.29) is 6.10 Å². The van der Waals surface area contributed by atoms with Gasteiger partial charge < -0.3 is 9.15 Å². The maximum absolute atomic E-state index is 12.6. The molecule has 0 aromatic carbocycles. The highest BCUT2D eigenvalue weighted by Crippen LogP contribution is 2.14. The minimum absolute atomic E-state index is 0.269. The van der Waals surface area contributed by atoms with E-state index in [0.29, 0.717) is 13.2 Å². The molecule has 1 aliphatic heterocycles. The van der Waals surface area contributed by atoms with Crippen molar-refractivity contribution in [1.29, 1.82) is 0 Å². The Balaban J connectivity index is 1.95. The second-order valence-corrected chi connectivity index (χ2v) is 4.24. The molecule has 2 heterocycles. The molecule has 1 atom stereocenters. The number of ether oxygens (including phenoxy) is 1. The first kappa shape index (κ1) is 11.6. The Morgan fingerprint density at radius 1 is 1.56 bits per heavy atom. The molecule has 0 N–H and O–H groups in total. The normalized spacial score (nSPS) is 23.2. The molecule has 90 valence electrons. The van der Waals surface area contributed by atoms with Gasteiger partial charge in [-0.05, 0) is 19.4 Å². The fourth-order valence-electron chi connectivity index (χ4n) is 2.02. The second kappa shape index (κ2) is 5.46. The van der Waals surface area contributed by atoms with Crippen molar-refractivity contribution in [1.82, 2.24) is 4.90 Å². The molecule has 1 aromatic rings. The largest absolute Gasteiger partial charge is 0.469 e. The van der Waals surface area contributed by atoms with E-state index in [1.807, 2.05) is 13.0 Å². The molecule has 16 heavy (non-hydrogen) atoms. The number of nitrogens with zero attached hydrogens (tertiary/aromatic N) is 1. The SMILES string of the molecule is Cc1occc1CN1CCCOC(CF)C1. The molecule has 1 fully saturated rings. The average molecular weight is 227 g/mol. The Kier molecular flexibility index (Phi) is 3.96. The molecule has 0 spiro atoms. The Hall–Kier alpha value is -0.870. The van der Waals surface area contributed by atoms with Gasteiger partial charge in [0.25, 0.3) is 0 Å². The number of hydrogen-bond donors (Lipinski definition) is 0. The summed E-state index contributed by atoms with van der Waals surface area (Å²) < 4.78 is 23.3. The number of hydrogen-bond acceptors (Lipinski definition) is 3. The molecular weight excluding hydrogens is 209 g/mol. The predicted molar refractivity (Wildman–Crippen MR) is 59.1 cm³/mol. The molecule has 0 amide bonds. The van der Waals surface area contributed by atoms with Crippen LogP contribution < -0.4 is 0 Å². The van der Waals surface area contributed by atoms with E-state index in [4.69, 9.17) is 9.15 Å². The summed E-state index contributed by atoms with van der Waals surface area (Å²) >= 11 is 0. The van der Waals surface area contributed by atoms with Gasteiger partial charge in [0.2, 0.25) is 0 Å². The molecule has 4 heteroatoms. The van der Waals surface area contributed by atoms with Gasteiger partial charge in [-0.2, -0.15) is 0 Å². The molecular formula is C12H18FNO2. The van der Waals surface area contributed by atoms with E-state index in [2.05, 4.69) is 4.90 Å². The first-order valence-corrected chi connectivity index (χ1v) is 5.72. The Morgan fingerprint density at radius 2 is 2.44 bits per heavy atom. The van der Waals surface area contributed by atoms with Gasteiger partial charge in [0.05, 0.1) is 12.4 Å². The smallest absolute Gasteiger partial charge is 0.117 e. The van der Waals surface area contributed by atoms with Gasteiger partial charge in [-0.1, -0.05) is 0 Å². The van der Waals surface area contributed by atoms with Gasteiger partial charge in [0.15, 0.2) is 0 Å². The third-order valence-electron chi connectivity index (χ3n) is 2.97. The summed E-state index contributed by atoms with van der Waals surface area (Å²) in [5.74, 6) is 0.946. The lowest BCUT2D eigenvalue weighted by molar-refractivity contribution is 0.0359. The van der Waals surface area contributed by atoms with E-state index in [9.17, 15) is 4.39 Å².